The molecule has 1 fully saturated rings. The van der Waals surface area contributed by atoms with E-state index in [0.717, 1.165) is 16.9 Å². The Bertz CT molecular complexity index is 1030. The number of halogens is 1. The number of thiocarbonyl (C=S) groups is 1. The minimum Gasteiger partial charge on any atom is -0.493 e. The van der Waals surface area contributed by atoms with Crippen molar-refractivity contribution in [3.8, 4) is 17.2 Å². The first-order valence-corrected chi connectivity index (χ1v) is 12.1. The highest BCUT2D eigenvalue weighted by molar-refractivity contribution is 8.26. The zero-order valence-electron chi connectivity index (χ0n) is 18.4. The van der Waals surface area contributed by atoms with Crippen LogP contribution >= 0.6 is 35.6 Å². The Labute approximate surface area is 203 Å². The molecule has 2 aromatic carbocycles. The molecule has 32 heavy (non-hydrogen) atoms. The molecule has 3 rings (SSSR count). The first-order valence-electron chi connectivity index (χ1n) is 10.5. The molecule has 0 spiro atoms. The first kappa shape index (κ1) is 24.4. The number of para-hydroxylation sites is 1. The average Bonchev–Trinajstić information content (AvgIpc) is 3.03. The maximum absolute atomic E-state index is 12.5. The van der Waals surface area contributed by atoms with Crippen molar-refractivity contribution in [3.05, 3.63) is 57.5 Å². The molecule has 0 aliphatic carbocycles. The molecule has 0 N–H and O–H groups in total. The lowest BCUT2D eigenvalue weighted by atomic mass is 10.1. The second kappa shape index (κ2) is 11.6. The number of amides is 1. The third kappa shape index (κ3) is 5.97. The molecule has 170 valence electrons. The van der Waals surface area contributed by atoms with Gasteiger partial charge in [-0.3, -0.25) is 9.69 Å². The number of thioether (sulfide) groups is 1. The summed E-state index contributed by atoms with van der Waals surface area (Å²) in [5, 5.41) is 0.424. The van der Waals surface area contributed by atoms with Crippen molar-refractivity contribution in [3.63, 3.8) is 0 Å². The van der Waals surface area contributed by atoms with E-state index < -0.39 is 0 Å². The van der Waals surface area contributed by atoms with Gasteiger partial charge in [0.15, 0.2) is 11.5 Å². The normalized spacial score (nSPS) is 14.9. The SMILES string of the molecule is CCOc1cc(C=C2SC(=S)N(CC)C2=O)cc(Cl)c1OCCCOc1ccccc1C. The van der Waals surface area contributed by atoms with Gasteiger partial charge in [0.2, 0.25) is 0 Å². The van der Waals surface area contributed by atoms with E-state index in [1.54, 1.807) is 17.0 Å². The third-order valence-electron chi connectivity index (χ3n) is 4.71. The van der Waals surface area contributed by atoms with Crippen LogP contribution in [0.4, 0.5) is 0 Å². The Morgan fingerprint density at radius 1 is 1.09 bits per heavy atom. The zero-order valence-corrected chi connectivity index (χ0v) is 20.7. The van der Waals surface area contributed by atoms with E-state index in [4.69, 9.17) is 38.0 Å². The second-order valence-electron chi connectivity index (χ2n) is 7.00. The molecule has 1 saturated heterocycles. The van der Waals surface area contributed by atoms with Crippen molar-refractivity contribution in [1.29, 1.82) is 0 Å². The summed E-state index contributed by atoms with van der Waals surface area (Å²) in [6, 6.07) is 11.5. The molecule has 0 radical (unpaired) electrons. The van der Waals surface area contributed by atoms with E-state index in [2.05, 4.69) is 0 Å². The summed E-state index contributed by atoms with van der Waals surface area (Å²) in [5.74, 6) is 1.81. The van der Waals surface area contributed by atoms with Gasteiger partial charge in [-0.2, -0.15) is 0 Å². The van der Waals surface area contributed by atoms with Gasteiger partial charge in [-0.25, -0.2) is 0 Å². The fraction of sp³-hybridized carbons (Fsp3) is 0.333. The molecule has 1 heterocycles. The fourth-order valence-corrected chi connectivity index (χ4v) is 4.79. The van der Waals surface area contributed by atoms with Crippen LogP contribution in [0.25, 0.3) is 6.08 Å². The molecule has 0 atom stereocenters. The fourth-order valence-electron chi connectivity index (χ4n) is 3.13. The molecule has 1 aliphatic heterocycles. The Hall–Kier alpha value is -2.22. The van der Waals surface area contributed by atoms with Crippen molar-refractivity contribution in [2.45, 2.75) is 27.2 Å². The minimum atomic E-state index is -0.0921. The van der Waals surface area contributed by atoms with Gasteiger partial charge in [0.1, 0.15) is 10.1 Å². The Morgan fingerprint density at radius 2 is 1.84 bits per heavy atom. The molecule has 1 amide bonds. The number of ether oxygens (including phenoxy) is 3. The summed E-state index contributed by atoms with van der Waals surface area (Å²) in [6.07, 6.45) is 2.47. The quantitative estimate of drug-likeness (QED) is 0.227. The van der Waals surface area contributed by atoms with Gasteiger partial charge in [0, 0.05) is 13.0 Å². The number of likely N-dealkylation sites (N-methyl/N-ethyl adjacent to an activating group) is 1. The lowest BCUT2D eigenvalue weighted by molar-refractivity contribution is -0.121. The van der Waals surface area contributed by atoms with Crippen LogP contribution in [0, 0.1) is 6.92 Å². The number of rotatable bonds is 10. The van der Waals surface area contributed by atoms with E-state index in [9.17, 15) is 4.79 Å². The van der Waals surface area contributed by atoms with Crippen LogP contribution in [-0.4, -0.2) is 41.5 Å². The molecule has 1 aliphatic rings. The van der Waals surface area contributed by atoms with E-state index in [1.807, 2.05) is 51.1 Å². The molecular weight excluding hydrogens is 466 g/mol. The number of nitrogens with zero attached hydrogens (tertiary/aromatic N) is 1. The summed E-state index contributed by atoms with van der Waals surface area (Å²) >= 11 is 13.1. The van der Waals surface area contributed by atoms with E-state index in [-0.39, 0.29) is 5.91 Å². The predicted octanol–water partition coefficient (Wildman–Crippen LogP) is 6.12. The van der Waals surface area contributed by atoms with E-state index in [1.165, 1.54) is 11.8 Å². The summed E-state index contributed by atoms with van der Waals surface area (Å²) in [6.45, 7) is 7.78. The van der Waals surface area contributed by atoms with E-state index in [0.29, 0.717) is 58.5 Å². The number of carbonyl (C=O) groups excluding carboxylic acids is 1. The molecule has 2 aromatic rings. The van der Waals surface area contributed by atoms with Crippen LogP contribution in [0.5, 0.6) is 17.2 Å². The molecular formula is C24H26ClNO4S2. The van der Waals surface area contributed by atoms with Gasteiger partial charge in [-0.15, -0.1) is 0 Å². The van der Waals surface area contributed by atoms with Crippen molar-refractivity contribution < 1.29 is 19.0 Å². The molecule has 0 saturated carbocycles. The second-order valence-corrected chi connectivity index (χ2v) is 9.09. The lowest BCUT2D eigenvalue weighted by Gasteiger charge is -2.15. The summed E-state index contributed by atoms with van der Waals surface area (Å²) in [5.41, 5.74) is 1.85. The Kier molecular flexibility index (Phi) is 8.84. The minimum absolute atomic E-state index is 0.0921. The molecule has 0 unspecified atom stereocenters. The van der Waals surface area contributed by atoms with Gasteiger partial charge in [0.25, 0.3) is 5.91 Å². The van der Waals surface area contributed by atoms with Crippen LogP contribution in [0.15, 0.2) is 41.3 Å². The number of hydrogen-bond acceptors (Lipinski definition) is 6. The van der Waals surface area contributed by atoms with Crippen LogP contribution < -0.4 is 14.2 Å². The standard InChI is InChI=1S/C24H26ClNO4S2/c1-4-26-23(27)21(32-24(26)31)15-17-13-18(25)22(20(14-17)28-5-2)30-12-8-11-29-19-10-7-6-9-16(19)3/h6-7,9-10,13-15H,4-5,8,11-12H2,1-3H3. The van der Waals surface area contributed by atoms with Gasteiger partial charge >= 0.3 is 0 Å². The van der Waals surface area contributed by atoms with Crippen LogP contribution in [0.1, 0.15) is 31.4 Å². The van der Waals surface area contributed by atoms with Gasteiger partial charge < -0.3 is 14.2 Å². The zero-order chi connectivity index (χ0) is 23.1. The summed E-state index contributed by atoms with van der Waals surface area (Å²) in [7, 11) is 0. The van der Waals surface area contributed by atoms with Crippen molar-refractivity contribution in [2.75, 3.05) is 26.4 Å². The molecule has 8 heteroatoms. The highest BCUT2D eigenvalue weighted by Crippen LogP contribution is 2.39. The maximum Gasteiger partial charge on any atom is 0.266 e. The smallest absolute Gasteiger partial charge is 0.266 e. The number of carbonyl (C=O) groups is 1. The lowest BCUT2D eigenvalue weighted by Crippen LogP contribution is -2.27. The van der Waals surface area contributed by atoms with Gasteiger partial charge in [-0.05, 0) is 56.2 Å². The predicted molar refractivity (Wildman–Crippen MR) is 135 cm³/mol. The van der Waals surface area contributed by atoms with Crippen molar-refractivity contribution in [2.24, 2.45) is 0 Å². The number of aryl methyl sites for hydroxylation is 1. The van der Waals surface area contributed by atoms with E-state index >= 15 is 0 Å². The monoisotopic (exact) mass is 491 g/mol. The number of hydrogen-bond donors (Lipinski definition) is 0. The highest BCUT2D eigenvalue weighted by atomic mass is 35.5. The van der Waals surface area contributed by atoms with Crippen LogP contribution in [0.2, 0.25) is 5.02 Å². The number of benzene rings is 2. The molecule has 0 aromatic heterocycles. The Morgan fingerprint density at radius 3 is 2.53 bits per heavy atom. The summed E-state index contributed by atoms with van der Waals surface area (Å²) in [4.78, 5) is 14.6. The van der Waals surface area contributed by atoms with Crippen molar-refractivity contribution >= 4 is 51.9 Å². The topological polar surface area (TPSA) is 48.0 Å². The van der Waals surface area contributed by atoms with Crippen LogP contribution in [0.3, 0.4) is 0 Å². The van der Waals surface area contributed by atoms with Crippen molar-refractivity contribution in [1.82, 2.24) is 4.90 Å². The third-order valence-corrected chi connectivity index (χ3v) is 6.36. The average molecular weight is 492 g/mol. The summed E-state index contributed by atoms with van der Waals surface area (Å²) < 4.78 is 18.1. The molecule has 0 bridgehead atoms. The van der Waals surface area contributed by atoms with Gasteiger partial charge in [-0.1, -0.05) is 53.8 Å². The van der Waals surface area contributed by atoms with Crippen LogP contribution in [-0.2, 0) is 4.79 Å². The highest BCUT2D eigenvalue weighted by Gasteiger charge is 2.30. The largest absolute Gasteiger partial charge is 0.493 e. The first-order chi connectivity index (χ1) is 15.4. The molecule has 5 nitrogen and oxygen atoms in total. The maximum atomic E-state index is 12.5. The van der Waals surface area contributed by atoms with Gasteiger partial charge in [0.05, 0.1) is 29.7 Å². The Balaban J connectivity index is 1.66.